The van der Waals surface area contributed by atoms with E-state index in [1.54, 1.807) is 10.9 Å². The number of amides is 1. The van der Waals surface area contributed by atoms with Gasteiger partial charge in [-0.05, 0) is 24.3 Å². The molecule has 1 aromatic heterocycles. The van der Waals surface area contributed by atoms with Crippen LogP contribution in [0.25, 0.3) is 0 Å². The molecule has 0 bridgehead atoms. The molecule has 0 radical (unpaired) electrons. The van der Waals surface area contributed by atoms with Crippen LogP contribution in [0.2, 0.25) is 0 Å². The van der Waals surface area contributed by atoms with Gasteiger partial charge in [0.25, 0.3) is 5.91 Å². The summed E-state index contributed by atoms with van der Waals surface area (Å²) < 4.78 is 1.80. The molecule has 6 nitrogen and oxygen atoms in total. The zero-order valence-electron chi connectivity index (χ0n) is 11.6. The van der Waals surface area contributed by atoms with Gasteiger partial charge in [0.2, 0.25) is 0 Å². The third kappa shape index (κ3) is 2.24. The van der Waals surface area contributed by atoms with E-state index in [0.717, 1.165) is 11.3 Å². The lowest BCUT2D eigenvalue weighted by atomic mass is 10.1. The zero-order valence-corrected chi connectivity index (χ0v) is 11.6. The van der Waals surface area contributed by atoms with E-state index in [4.69, 9.17) is 0 Å². The highest BCUT2D eigenvalue weighted by Gasteiger charge is 2.32. The minimum absolute atomic E-state index is 0.0756. The van der Waals surface area contributed by atoms with Gasteiger partial charge in [-0.3, -0.25) is 4.79 Å². The van der Waals surface area contributed by atoms with E-state index in [-0.39, 0.29) is 11.9 Å². The normalized spacial score (nSPS) is 15.0. The van der Waals surface area contributed by atoms with E-state index < -0.39 is 0 Å². The lowest BCUT2D eigenvalue weighted by Gasteiger charge is -2.38. The second-order valence-electron chi connectivity index (χ2n) is 5.19. The first-order chi connectivity index (χ1) is 9.65. The van der Waals surface area contributed by atoms with Gasteiger partial charge < -0.3 is 9.80 Å². The summed E-state index contributed by atoms with van der Waals surface area (Å²) in [6.07, 6.45) is 3.49. The van der Waals surface area contributed by atoms with Crippen LogP contribution in [0, 0.1) is 0 Å². The number of carbonyl (C=O) groups is 1. The maximum absolute atomic E-state index is 12.3. The standard InChI is InChI=1S/C14H17N5O/c1-17(2)12-5-3-11(4-6-12)14(20)18-9-13(10-18)19-8-7-15-16-19/h3-8,13H,9-10H2,1-2H3. The number of hydrogen-bond donors (Lipinski definition) is 0. The Morgan fingerprint density at radius 3 is 2.50 bits per heavy atom. The molecule has 20 heavy (non-hydrogen) atoms. The van der Waals surface area contributed by atoms with Gasteiger partial charge in [-0.25, -0.2) is 4.68 Å². The summed E-state index contributed by atoms with van der Waals surface area (Å²) in [5.41, 5.74) is 1.82. The SMILES string of the molecule is CN(C)c1ccc(C(=O)N2CC(n3ccnn3)C2)cc1. The van der Waals surface area contributed by atoms with E-state index in [2.05, 4.69) is 10.3 Å². The van der Waals surface area contributed by atoms with Crippen LogP contribution in [0.1, 0.15) is 16.4 Å². The van der Waals surface area contributed by atoms with Gasteiger partial charge in [0.15, 0.2) is 0 Å². The number of likely N-dealkylation sites (tertiary alicyclic amines) is 1. The van der Waals surface area contributed by atoms with Crippen molar-refractivity contribution < 1.29 is 4.79 Å². The van der Waals surface area contributed by atoms with E-state index in [1.165, 1.54) is 0 Å². The van der Waals surface area contributed by atoms with Crippen LogP contribution < -0.4 is 4.90 Å². The third-order valence-electron chi connectivity index (χ3n) is 3.60. The highest BCUT2D eigenvalue weighted by atomic mass is 16.2. The molecule has 0 atom stereocenters. The number of nitrogens with zero attached hydrogens (tertiary/aromatic N) is 5. The largest absolute Gasteiger partial charge is 0.378 e. The molecule has 1 aliphatic heterocycles. The van der Waals surface area contributed by atoms with Gasteiger partial charge in [0, 0.05) is 44.6 Å². The first-order valence-corrected chi connectivity index (χ1v) is 6.57. The lowest BCUT2D eigenvalue weighted by molar-refractivity contribution is 0.0498. The average molecular weight is 271 g/mol. The average Bonchev–Trinajstić information content (AvgIpc) is 2.90. The van der Waals surface area contributed by atoms with Crippen LogP contribution in [-0.2, 0) is 0 Å². The first-order valence-electron chi connectivity index (χ1n) is 6.57. The number of anilines is 1. The predicted molar refractivity (Wildman–Crippen MR) is 75.7 cm³/mol. The summed E-state index contributed by atoms with van der Waals surface area (Å²) in [5.74, 6) is 0.0756. The van der Waals surface area contributed by atoms with Crippen molar-refractivity contribution in [1.82, 2.24) is 19.9 Å². The number of benzene rings is 1. The second-order valence-corrected chi connectivity index (χ2v) is 5.19. The zero-order chi connectivity index (χ0) is 14.1. The van der Waals surface area contributed by atoms with Crippen LogP contribution in [0.15, 0.2) is 36.7 Å². The first kappa shape index (κ1) is 12.7. The number of hydrogen-bond acceptors (Lipinski definition) is 4. The minimum atomic E-state index is 0.0756. The fraction of sp³-hybridized carbons (Fsp3) is 0.357. The maximum atomic E-state index is 12.3. The van der Waals surface area contributed by atoms with Gasteiger partial charge in [-0.15, -0.1) is 5.10 Å². The number of aromatic nitrogens is 3. The van der Waals surface area contributed by atoms with Crippen molar-refractivity contribution in [1.29, 1.82) is 0 Å². The molecule has 2 heterocycles. The van der Waals surface area contributed by atoms with E-state index >= 15 is 0 Å². The van der Waals surface area contributed by atoms with Crippen LogP contribution in [0.3, 0.4) is 0 Å². The number of carbonyl (C=O) groups excluding carboxylic acids is 1. The Bertz CT molecular complexity index is 585. The van der Waals surface area contributed by atoms with Gasteiger partial charge in [0.05, 0.1) is 12.2 Å². The van der Waals surface area contributed by atoms with E-state index in [9.17, 15) is 4.79 Å². The van der Waals surface area contributed by atoms with E-state index in [1.807, 2.05) is 54.4 Å². The Balaban J connectivity index is 1.63. The summed E-state index contributed by atoms with van der Waals surface area (Å²) in [7, 11) is 3.96. The summed E-state index contributed by atoms with van der Waals surface area (Å²) in [4.78, 5) is 16.1. The minimum Gasteiger partial charge on any atom is -0.378 e. The van der Waals surface area contributed by atoms with Gasteiger partial charge in [0.1, 0.15) is 0 Å². The van der Waals surface area contributed by atoms with Crippen LogP contribution >= 0.6 is 0 Å². The summed E-state index contributed by atoms with van der Waals surface area (Å²) in [5, 5.41) is 7.74. The number of rotatable bonds is 3. The molecule has 1 aromatic carbocycles. The Kier molecular flexibility index (Phi) is 3.14. The van der Waals surface area contributed by atoms with Gasteiger partial charge in [-0.2, -0.15) is 0 Å². The van der Waals surface area contributed by atoms with Crippen molar-refractivity contribution in [2.24, 2.45) is 0 Å². The lowest BCUT2D eigenvalue weighted by Crippen LogP contribution is -2.50. The van der Waals surface area contributed by atoms with E-state index in [0.29, 0.717) is 13.1 Å². The van der Waals surface area contributed by atoms with Crippen molar-refractivity contribution >= 4 is 11.6 Å². The molecular weight excluding hydrogens is 254 g/mol. The quantitative estimate of drug-likeness (QED) is 0.837. The van der Waals surface area contributed by atoms with Crippen molar-refractivity contribution in [3.8, 4) is 0 Å². The topological polar surface area (TPSA) is 54.3 Å². The molecule has 3 rings (SSSR count). The van der Waals surface area contributed by atoms with Crippen molar-refractivity contribution in [2.75, 3.05) is 32.1 Å². The summed E-state index contributed by atoms with van der Waals surface area (Å²) in [6.45, 7) is 1.38. The Labute approximate surface area is 117 Å². The monoisotopic (exact) mass is 271 g/mol. The highest BCUT2D eigenvalue weighted by molar-refractivity contribution is 5.95. The molecule has 0 saturated carbocycles. The summed E-state index contributed by atoms with van der Waals surface area (Å²) in [6, 6.07) is 7.92. The fourth-order valence-electron chi connectivity index (χ4n) is 2.29. The molecule has 0 N–H and O–H groups in total. The summed E-state index contributed by atoms with van der Waals surface area (Å²) >= 11 is 0. The predicted octanol–water partition coefficient (Wildman–Crippen LogP) is 1.04. The molecule has 1 amide bonds. The molecule has 0 spiro atoms. The van der Waals surface area contributed by atoms with Gasteiger partial charge in [-0.1, -0.05) is 5.21 Å². The highest BCUT2D eigenvalue weighted by Crippen LogP contribution is 2.23. The molecule has 1 fully saturated rings. The molecule has 0 aliphatic carbocycles. The second kappa shape index (κ2) is 4.96. The molecule has 6 heteroatoms. The smallest absolute Gasteiger partial charge is 0.254 e. The van der Waals surface area contributed by atoms with Crippen molar-refractivity contribution in [3.63, 3.8) is 0 Å². The molecule has 2 aromatic rings. The molecule has 1 aliphatic rings. The third-order valence-corrected chi connectivity index (χ3v) is 3.60. The molecule has 1 saturated heterocycles. The Morgan fingerprint density at radius 1 is 1.25 bits per heavy atom. The molecule has 0 unspecified atom stereocenters. The van der Waals surface area contributed by atoms with Crippen LogP contribution in [-0.4, -0.2) is 53.0 Å². The molecular formula is C14H17N5O. The maximum Gasteiger partial charge on any atom is 0.254 e. The van der Waals surface area contributed by atoms with Crippen LogP contribution in [0.4, 0.5) is 5.69 Å². The fourth-order valence-corrected chi connectivity index (χ4v) is 2.29. The van der Waals surface area contributed by atoms with Crippen molar-refractivity contribution in [2.45, 2.75) is 6.04 Å². The van der Waals surface area contributed by atoms with Crippen molar-refractivity contribution in [3.05, 3.63) is 42.2 Å². The molecule has 104 valence electrons. The van der Waals surface area contributed by atoms with Crippen LogP contribution in [0.5, 0.6) is 0 Å². The Hall–Kier alpha value is -2.37. The Morgan fingerprint density at radius 2 is 1.95 bits per heavy atom. The van der Waals surface area contributed by atoms with Gasteiger partial charge >= 0.3 is 0 Å².